The second-order valence-corrected chi connectivity index (χ2v) is 8.19. The van der Waals surface area contributed by atoms with E-state index < -0.39 is 0 Å². The zero-order chi connectivity index (χ0) is 23.4. The maximum atomic E-state index is 12.5. The minimum absolute atomic E-state index is 0.209. The number of nitrogens with zero attached hydrogens (tertiary/aromatic N) is 1. The molecule has 168 valence electrons. The zero-order valence-electron chi connectivity index (χ0n) is 18.8. The third-order valence-corrected chi connectivity index (χ3v) is 5.39. The molecule has 0 spiro atoms. The first kappa shape index (κ1) is 22.5. The van der Waals surface area contributed by atoms with E-state index in [1.807, 2.05) is 49.4 Å². The number of hydrogen-bond donors (Lipinski definition) is 2. The molecule has 0 aliphatic carbocycles. The van der Waals surface area contributed by atoms with Crippen molar-refractivity contribution in [2.45, 2.75) is 27.2 Å². The summed E-state index contributed by atoms with van der Waals surface area (Å²) >= 11 is 5.30. The predicted molar refractivity (Wildman–Crippen MR) is 135 cm³/mol. The van der Waals surface area contributed by atoms with Crippen LogP contribution in [0, 0.1) is 13.8 Å². The van der Waals surface area contributed by atoms with Gasteiger partial charge in [-0.2, -0.15) is 0 Å². The van der Waals surface area contributed by atoms with Gasteiger partial charge in [0.05, 0.1) is 6.61 Å². The van der Waals surface area contributed by atoms with Crippen molar-refractivity contribution in [2.24, 2.45) is 0 Å². The SMILES string of the molecule is CCCOc1cccc(C(=O)NC(=S)Nc2ccc(-c3nc4cc(C)c(C)cc4o3)cc2)c1. The van der Waals surface area contributed by atoms with E-state index in [-0.39, 0.29) is 11.0 Å². The van der Waals surface area contributed by atoms with E-state index in [4.69, 9.17) is 21.4 Å². The van der Waals surface area contributed by atoms with E-state index in [1.165, 1.54) is 11.1 Å². The Morgan fingerprint density at radius 3 is 2.58 bits per heavy atom. The number of fused-ring (bicyclic) bond motifs is 1. The molecule has 33 heavy (non-hydrogen) atoms. The van der Waals surface area contributed by atoms with Crippen LogP contribution in [0.2, 0.25) is 0 Å². The molecule has 6 nitrogen and oxygen atoms in total. The summed E-state index contributed by atoms with van der Waals surface area (Å²) in [6.45, 7) is 6.74. The number of hydrogen-bond acceptors (Lipinski definition) is 5. The van der Waals surface area contributed by atoms with Gasteiger partial charge in [-0.25, -0.2) is 4.98 Å². The lowest BCUT2D eigenvalue weighted by Gasteiger charge is -2.11. The fourth-order valence-corrected chi connectivity index (χ4v) is 3.49. The number of amides is 1. The lowest BCUT2D eigenvalue weighted by atomic mass is 10.1. The Kier molecular flexibility index (Phi) is 6.70. The molecule has 0 fully saturated rings. The van der Waals surface area contributed by atoms with Crippen molar-refractivity contribution >= 4 is 40.0 Å². The maximum absolute atomic E-state index is 12.5. The summed E-state index contributed by atoms with van der Waals surface area (Å²) in [7, 11) is 0. The van der Waals surface area contributed by atoms with Gasteiger partial charge in [0.15, 0.2) is 10.7 Å². The summed E-state index contributed by atoms with van der Waals surface area (Å²) in [6.07, 6.45) is 0.898. The molecule has 0 atom stereocenters. The van der Waals surface area contributed by atoms with Crippen LogP contribution in [0.1, 0.15) is 34.8 Å². The number of aromatic nitrogens is 1. The molecule has 0 saturated carbocycles. The van der Waals surface area contributed by atoms with Gasteiger partial charge in [-0.1, -0.05) is 13.0 Å². The molecule has 7 heteroatoms. The van der Waals surface area contributed by atoms with Gasteiger partial charge in [0, 0.05) is 16.8 Å². The fourth-order valence-electron chi connectivity index (χ4n) is 3.28. The molecule has 4 aromatic rings. The maximum Gasteiger partial charge on any atom is 0.257 e. The Hall–Kier alpha value is -3.71. The van der Waals surface area contributed by atoms with Crippen molar-refractivity contribution in [3.63, 3.8) is 0 Å². The van der Waals surface area contributed by atoms with Crippen LogP contribution < -0.4 is 15.4 Å². The average Bonchev–Trinajstić information content (AvgIpc) is 3.21. The van der Waals surface area contributed by atoms with Crippen molar-refractivity contribution in [3.8, 4) is 17.2 Å². The van der Waals surface area contributed by atoms with E-state index in [9.17, 15) is 4.79 Å². The topological polar surface area (TPSA) is 76.4 Å². The van der Waals surface area contributed by atoms with Gasteiger partial charge in [0.2, 0.25) is 5.89 Å². The van der Waals surface area contributed by atoms with E-state index in [0.29, 0.717) is 23.8 Å². The number of nitrogens with one attached hydrogen (secondary N) is 2. The number of carbonyl (C=O) groups is 1. The lowest BCUT2D eigenvalue weighted by molar-refractivity contribution is 0.0977. The summed E-state index contributed by atoms with van der Waals surface area (Å²) in [4.78, 5) is 17.1. The summed E-state index contributed by atoms with van der Waals surface area (Å²) < 4.78 is 11.5. The van der Waals surface area contributed by atoms with Crippen molar-refractivity contribution in [2.75, 3.05) is 11.9 Å². The quantitative estimate of drug-likeness (QED) is 0.343. The van der Waals surface area contributed by atoms with Crippen molar-refractivity contribution in [1.29, 1.82) is 0 Å². The summed E-state index contributed by atoms with van der Waals surface area (Å²) in [5, 5.41) is 5.94. The van der Waals surface area contributed by atoms with E-state index >= 15 is 0 Å². The molecule has 0 aliphatic heterocycles. The number of rotatable bonds is 6. The molecular weight excluding hydrogens is 434 g/mol. The number of anilines is 1. The monoisotopic (exact) mass is 459 g/mol. The fraction of sp³-hybridized carbons (Fsp3) is 0.192. The van der Waals surface area contributed by atoms with Crippen LogP contribution in [0.15, 0.2) is 65.1 Å². The van der Waals surface area contributed by atoms with E-state index in [2.05, 4.69) is 29.5 Å². The third kappa shape index (κ3) is 5.38. The highest BCUT2D eigenvalue weighted by molar-refractivity contribution is 7.80. The van der Waals surface area contributed by atoms with Crippen molar-refractivity contribution in [1.82, 2.24) is 10.3 Å². The number of benzene rings is 3. The van der Waals surface area contributed by atoms with Crippen molar-refractivity contribution < 1.29 is 13.9 Å². The third-order valence-electron chi connectivity index (χ3n) is 5.19. The molecule has 1 aromatic heterocycles. The first-order valence-electron chi connectivity index (χ1n) is 10.8. The van der Waals surface area contributed by atoms with Crippen molar-refractivity contribution in [3.05, 3.63) is 77.4 Å². The summed E-state index contributed by atoms with van der Waals surface area (Å²) in [6, 6.07) is 18.6. The van der Waals surface area contributed by atoms with Gasteiger partial charge in [0.25, 0.3) is 5.91 Å². The molecule has 0 bridgehead atoms. The van der Waals surface area contributed by atoms with E-state index in [1.54, 1.807) is 18.2 Å². The normalized spacial score (nSPS) is 10.8. The second-order valence-electron chi connectivity index (χ2n) is 7.79. The molecule has 4 rings (SSSR count). The number of aryl methyl sites for hydroxylation is 2. The zero-order valence-corrected chi connectivity index (χ0v) is 19.6. The molecule has 3 aromatic carbocycles. The highest BCUT2D eigenvalue weighted by Crippen LogP contribution is 2.27. The molecule has 1 amide bonds. The Bertz CT molecular complexity index is 1270. The average molecular weight is 460 g/mol. The van der Waals surface area contributed by atoms with Crippen LogP contribution >= 0.6 is 12.2 Å². The van der Waals surface area contributed by atoms with Crippen LogP contribution in [-0.4, -0.2) is 22.6 Å². The van der Waals surface area contributed by atoms with Crippen LogP contribution in [0.3, 0.4) is 0 Å². The Labute approximate surface area is 198 Å². The smallest absolute Gasteiger partial charge is 0.257 e. The van der Waals surface area contributed by atoms with Gasteiger partial charge in [-0.15, -0.1) is 0 Å². The summed E-state index contributed by atoms with van der Waals surface area (Å²) in [5.74, 6) is 0.911. The van der Waals surface area contributed by atoms with E-state index in [0.717, 1.165) is 28.8 Å². The van der Waals surface area contributed by atoms with Crippen LogP contribution in [-0.2, 0) is 0 Å². The summed E-state index contributed by atoms with van der Waals surface area (Å²) in [5.41, 5.74) is 6.02. The molecule has 1 heterocycles. The first-order chi connectivity index (χ1) is 15.9. The molecule has 0 saturated heterocycles. The number of ether oxygens (including phenoxy) is 1. The largest absolute Gasteiger partial charge is 0.494 e. The van der Waals surface area contributed by atoms with Gasteiger partial charge in [-0.3, -0.25) is 10.1 Å². The van der Waals surface area contributed by atoms with Gasteiger partial charge in [0.1, 0.15) is 11.3 Å². The minimum Gasteiger partial charge on any atom is -0.494 e. The van der Waals surface area contributed by atoms with Gasteiger partial charge >= 0.3 is 0 Å². The minimum atomic E-state index is -0.303. The number of thiocarbonyl (C=S) groups is 1. The number of carbonyl (C=O) groups excluding carboxylic acids is 1. The highest BCUT2D eigenvalue weighted by atomic mass is 32.1. The van der Waals surface area contributed by atoms with Gasteiger partial charge in [-0.05, 0) is 98.2 Å². The highest BCUT2D eigenvalue weighted by Gasteiger charge is 2.11. The predicted octanol–water partition coefficient (Wildman–Crippen LogP) is 6.03. The Morgan fingerprint density at radius 2 is 1.82 bits per heavy atom. The van der Waals surface area contributed by atoms with Crippen LogP contribution in [0.4, 0.5) is 5.69 Å². The Morgan fingerprint density at radius 1 is 1.06 bits per heavy atom. The Balaban J connectivity index is 1.40. The standard InChI is InChI=1S/C26H25N3O3S/c1-4-12-31-21-7-5-6-19(15-21)24(30)29-26(33)27-20-10-8-18(9-11-20)25-28-22-13-16(2)17(3)14-23(22)32-25/h5-11,13-15H,4,12H2,1-3H3,(H2,27,29,30,33). The second kappa shape index (κ2) is 9.83. The van der Waals surface area contributed by atoms with Crippen LogP contribution in [0.25, 0.3) is 22.6 Å². The van der Waals surface area contributed by atoms with Crippen LogP contribution in [0.5, 0.6) is 5.75 Å². The van der Waals surface area contributed by atoms with Gasteiger partial charge < -0.3 is 14.5 Å². The lowest BCUT2D eigenvalue weighted by Crippen LogP contribution is -2.34. The molecule has 2 N–H and O–H groups in total. The number of oxazole rings is 1. The molecular formula is C26H25N3O3S. The first-order valence-corrected chi connectivity index (χ1v) is 11.2. The molecule has 0 unspecified atom stereocenters. The molecule has 0 aliphatic rings. The molecule has 0 radical (unpaired) electrons.